The molecular weight excluding hydrogens is 593 g/mol. The monoisotopic (exact) mass is 638 g/mol. The number of allylic oxidation sites excluding steroid dienone is 3. The van der Waals surface area contributed by atoms with E-state index in [4.69, 9.17) is 0 Å². The molecule has 0 N–H and O–H groups in total. The zero-order chi connectivity index (χ0) is 33.9. The second kappa shape index (κ2) is 11.8. The van der Waals surface area contributed by atoms with Crippen molar-refractivity contribution in [2.24, 2.45) is 11.8 Å². The van der Waals surface area contributed by atoms with Gasteiger partial charge in [0.2, 0.25) is 0 Å². The Kier molecular flexibility index (Phi) is 7.52. The summed E-state index contributed by atoms with van der Waals surface area (Å²) in [5.74, 6) is 1.30. The van der Waals surface area contributed by atoms with Crippen LogP contribution in [0.15, 0.2) is 151 Å². The van der Waals surface area contributed by atoms with Crippen LogP contribution in [0.4, 0.5) is 28.4 Å². The number of rotatable bonds is 6. The Morgan fingerprint density at radius 3 is 1.33 bits per heavy atom. The maximum atomic E-state index is 2.54. The number of benzene rings is 6. The van der Waals surface area contributed by atoms with Crippen LogP contribution in [0.5, 0.6) is 0 Å². The summed E-state index contributed by atoms with van der Waals surface area (Å²) < 4.78 is 0. The zero-order valence-corrected chi connectivity index (χ0v) is 29.6. The Bertz CT molecular complexity index is 2170. The Hall–Kier alpha value is -5.08. The first-order chi connectivity index (χ1) is 23.6. The van der Waals surface area contributed by atoms with Crippen molar-refractivity contribution in [2.45, 2.75) is 58.8 Å². The fraction of sp³-hybridized carbons (Fsp3) is 0.234. The quantitative estimate of drug-likeness (QED) is 0.132. The van der Waals surface area contributed by atoms with Crippen molar-refractivity contribution in [3.8, 4) is 0 Å². The number of fused-ring (bicyclic) bond motifs is 3. The molecular formula is C47H46N2. The van der Waals surface area contributed by atoms with E-state index in [1.165, 1.54) is 61.9 Å². The highest BCUT2D eigenvalue weighted by Gasteiger charge is 2.37. The predicted molar refractivity (Wildman–Crippen MR) is 211 cm³/mol. The summed E-state index contributed by atoms with van der Waals surface area (Å²) in [4.78, 5) is 5.01. The van der Waals surface area contributed by atoms with E-state index in [0.29, 0.717) is 11.8 Å². The predicted octanol–water partition coefficient (Wildman–Crippen LogP) is 13.3. The lowest BCUT2D eigenvalue weighted by atomic mass is 9.82. The summed E-state index contributed by atoms with van der Waals surface area (Å²) in [5.41, 5.74) is 9.78. The third-order valence-corrected chi connectivity index (χ3v) is 10.3. The molecule has 2 nitrogen and oxygen atoms in total. The van der Waals surface area contributed by atoms with Gasteiger partial charge in [0.25, 0.3) is 0 Å². The smallest absolute Gasteiger partial charge is 0.0620 e. The molecule has 2 atom stereocenters. The summed E-state index contributed by atoms with van der Waals surface area (Å²) in [6, 6.07) is 47.1. The molecule has 0 saturated heterocycles. The van der Waals surface area contributed by atoms with Crippen molar-refractivity contribution in [3.05, 3.63) is 162 Å². The summed E-state index contributed by atoms with van der Waals surface area (Å²) >= 11 is 0. The van der Waals surface area contributed by atoms with E-state index in [2.05, 4.69) is 197 Å². The van der Waals surface area contributed by atoms with E-state index in [1.54, 1.807) is 0 Å². The first-order valence-electron chi connectivity index (χ1n) is 17.8. The molecule has 0 spiro atoms. The van der Waals surface area contributed by atoms with Crippen molar-refractivity contribution in [1.29, 1.82) is 0 Å². The van der Waals surface area contributed by atoms with E-state index >= 15 is 0 Å². The molecule has 2 aliphatic rings. The molecule has 1 fully saturated rings. The molecule has 0 aromatic heterocycles. The first kappa shape index (κ1) is 31.2. The largest absolute Gasteiger partial charge is 0.310 e. The van der Waals surface area contributed by atoms with Crippen LogP contribution in [0.1, 0.15) is 59.1 Å². The lowest BCUT2D eigenvalue weighted by Crippen LogP contribution is -2.19. The fourth-order valence-electron chi connectivity index (χ4n) is 7.44. The van der Waals surface area contributed by atoms with Gasteiger partial charge in [-0.3, -0.25) is 0 Å². The van der Waals surface area contributed by atoms with Crippen LogP contribution in [-0.2, 0) is 10.8 Å². The van der Waals surface area contributed by atoms with Crippen LogP contribution in [0, 0.1) is 11.8 Å². The molecule has 0 heterocycles. The summed E-state index contributed by atoms with van der Waals surface area (Å²) in [5, 5.41) is 4.98. The Morgan fingerprint density at radius 1 is 0.469 bits per heavy atom. The minimum atomic E-state index is -0.0181. The highest BCUT2D eigenvalue weighted by molar-refractivity contribution is 6.23. The fourth-order valence-corrected chi connectivity index (χ4v) is 7.44. The summed E-state index contributed by atoms with van der Waals surface area (Å²) in [7, 11) is 0. The van der Waals surface area contributed by atoms with E-state index in [1.807, 2.05) is 0 Å². The van der Waals surface area contributed by atoms with Crippen LogP contribution in [0.25, 0.3) is 21.5 Å². The molecule has 6 aromatic carbocycles. The van der Waals surface area contributed by atoms with Crippen LogP contribution in [0.2, 0.25) is 0 Å². The van der Waals surface area contributed by atoms with Gasteiger partial charge in [-0.05, 0) is 94.8 Å². The van der Waals surface area contributed by atoms with Gasteiger partial charge in [-0.25, -0.2) is 0 Å². The normalized spacial score (nSPS) is 17.1. The average Bonchev–Trinajstić information content (AvgIpc) is 3.89. The molecule has 49 heavy (non-hydrogen) atoms. The minimum absolute atomic E-state index is 0.0158. The standard InChI is InChI=1S/C47H46N2/c1-46(2,3)34-24-27-41-42(30-34)44(48(36-16-10-7-11-17-36)37-18-12-8-13-19-37)40-26-23-35(47(4,5)6)31-43(40)45(41)49(38-20-14-9-15-21-38)39-25-22-32-28-33(32)29-39/h7-27,29-33H,28H2,1-6H3. The average molecular weight is 639 g/mol. The molecule has 0 aliphatic heterocycles. The number of anilines is 5. The van der Waals surface area contributed by atoms with E-state index in [0.717, 1.165) is 11.4 Å². The van der Waals surface area contributed by atoms with Gasteiger partial charge in [0, 0.05) is 44.3 Å². The van der Waals surface area contributed by atoms with E-state index < -0.39 is 0 Å². The van der Waals surface area contributed by atoms with Crippen LogP contribution < -0.4 is 9.80 Å². The van der Waals surface area contributed by atoms with Gasteiger partial charge >= 0.3 is 0 Å². The molecule has 2 aliphatic carbocycles. The van der Waals surface area contributed by atoms with Crippen molar-refractivity contribution in [2.75, 3.05) is 9.80 Å². The minimum Gasteiger partial charge on any atom is -0.310 e. The summed E-state index contributed by atoms with van der Waals surface area (Å²) in [6.45, 7) is 13.9. The molecule has 244 valence electrons. The number of nitrogens with zero attached hydrogens (tertiary/aromatic N) is 2. The van der Waals surface area contributed by atoms with Crippen molar-refractivity contribution < 1.29 is 0 Å². The maximum Gasteiger partial charge on any atom is 0.0620 e. The van der Waals surface area contributed by atoms with Gasteiger partial charge in [0.15, 0.2) is 0 Å². The van der Waals surface area contributed by atoms with Crippen LogP contribution in [0.3, 0.4) is 0 Å². The van der Waals surface area contributed by atoms with Gasteiger partial charge in [-0.1, -0.05) is 133 Å². The zero-order valence-electron chi connectivity index (χ0n) is 29.6. The second-order valence-electron chi connectivity index (χ2n) is 15.9. The highest BCUT2D eigenvalue weighted by Crippen LogP contribution is 2.53. The van der Waals surface area contributed by atoms with Crippen molar-refractivity contribution in [3.63, 3.8) is 0 Å². The Balaban J connectivity index is 1.56. The van der Waals surface area contributed by atoms with Gasteiger partial charge in [0.05, 0.1) is 11.4 Å². The first-order valence-corrected chi connectivity index (χ1v) is 17.8. The molecule has 0 bridgehead atoms. The third-order valence-electron chi connectivity index (χ3n) is 10.3. The molecule has 8 rings (SSSR count). The van der Waals surface area contributed by atoms with Crippen LogP contribution in [-0.4, -0.2) is 0 Å². The molecule has 6 aromatic rings. The van der Waals surface area contributed by atoms with Gasteiger partial charge < -0.3 is 9.80 Å². The van der Waals surface area contributed by atoms with E-state index in [9.17, 15) is 0 Å². The third kappa shape index (κ3) is 5.74. The molecule has 1 saturated carbocycles. The molecule has 0 amide bonds. The SMILES string of the molecule is CC(C)(C)c1ccc2c(N(c3ccccc3)c3ccccc3)c3cc(C(C)(C)C)ccc3c(N(C3=CC4CC4C=C3)c3ccccc3)c2c1. The molecule has 0 radical (unpaired) electrons. The van der Waals surface area contributed by atoms with Gasteiger partial charge in [0.1, 0.15) is 0 Å². The molecule has 2 unspecified atom stereocenters. The van der Waals surface area contributed by atoms with Crippen molar-refractivity contribution >= 4 is 50.0 Å². The van der Waals surface area contributed by atoms with E-state index in [-0.39, 0.29) is 10.8 Å². The highest BCUT2D eigenvalue weighted by atomic mass is 15.2. The number of hydrogen-bond donors (Lipinski definition) is 0. The molecule has 2 heteroatoms. The Morgan fingerprint density at radius 2 is 0.898 bits per heavy atom. The van der Waals surface area contributed by atoms with Crippen molar-refractivity contribution in [1.82, 2.24) is 0 Å². The number of hydrogen-bond acceptors (Lipinski definition) is 2. The lowest BCUT2D eigenvalue weighted by Gasteiger charge is -2.34. The maximum absolute atomic E-state index is 2.54. The number of para-hydroxylation sites is 3. The van der Waals surface area contributed by atoms with Crippen LogP contribution >= 0.6 is 0 Å². The summed E-state index contributed by atoms with van der Waals surface area (Å²) in [6.07, 6.45) is 8.56. The van der Waals surface area contributed by atoms with Gasteiger partial charge in [-0.2, -0.15) is 0 Å². The lowest BCUT2D eigenvalue weighted by molar-refractivity contribution is 0.590. The topological polar surface area (TPSA) is 6.48 Å². The Labute approximate surface area is 292 Å². The second-order valence-corrected chi connectivity index (χ2v) is 15.9. The van der Waals surface area contributed by atoms with Gasteiger partial charge in [-0.15, -0.1) is 0 Å².